The highest BCUT2D eigenvalue weighted by atomic mass is 32.1. The van der Waals surface area contributed by atoms with Crippen molar-refractivity contribution >= 4 is 16.5 Å². The summed E-state index contributed by atoms with van der Waals surface area (Å²) in [6.45, 7) is 6.21. The van der Waals surface area contributed by atoms with E-state index in [-0.39, 0.29) is 0 Å². The van der Waals surface area contributed by atoms with E-state index in [1.165, 1.54) is 22.5 Å². The maximum absolute atomic E-state index is 5.64. The Hall–Kier alpha value is -2.27. The lowest BCUT2D eigenvalue weighted by atomic mass is 10.0. The summed E-state index contributed by atoms with van der Waals surface area (Å²) in [6.07, 6.45) is 0. The monoisotopic (exact) mass is 296 g/mol. The highest BCUT2D eigenvalue weighted by Crippen LogP contribution is 2.29. The topological polar surface area (TPSA) is 64.7 Å². The van der Waals surface area contributed by atoms with E-state index in [1.54, 1.807) is 0 Å². The van der Waals surface area contributed by atoms with Crippen LogP contribution in [0.5, 0.6) is 0 Å². The fourth-order valence-electron chi connectivity index (χ4n) is 2.19. The molecule has 2 aromatic heterocycles. The summed E-state index contributed by atoms with van der Waals surface area (Å²) in [7, 11) is 0. The fraction of sp³-hybridized carbons (Fsp3) is 0.188. The summed E-state index contributed by atoms with van der Waals surface area (Å²) in [4.78, 5) is 4.70. The van der Waals surface area contributed by atoms with Gasteiger partial charge in [0.15, 0.2) is 5.01 Å². The summed E-state index contributed by atoms with van der Waals surface area (Å²) < 4.78 is 0. The minimum atomic E-state index is 0.475. The summed E-state index contributed by atoms with van der Waals surface area (Å²) in [5.41, 5.74) is 12.2. The smallest absolute Gasteiger partial charge is 0.203 e. The first-order valence-electron chi connectivity index (χ1n) is 6.69. The van der Waals surface area contributed by atoms with Gasteiger partial charge in [0.25, 0.3) is 0 Å². The summed E-state index contributed by atoms with van der Waals surface area (Å²) in [5, 5.41) is 9.22. The summed E-state index contributed by atoms with van der Waals surface area (Å²) >= 11 is 1.38. The number of nitrogen functional groups attached to an aromatic ring is 1. The van der Waals surface area contributed by atoms with Crippen LogP contribution in [0.2, 0.25) is 0 Å². The third-order valence-electron chi connectivity index (χ3n) is 3.56. The molecule has 0 amide bonds. The number of hydrogen-bond donors (Lipinski definition) is 1. The molecule has 1 aromatic carbocycles. The van der Waals surface area contributed by atoms with Gasteiger partial charge in [0.1, 0.15) is 0 Å². The molecule has 106 valence electrons. The lowest BCUT2D eigenvalue weighted by molar-refractivity contribution is 1.09. The van der Waals surface area contributed by atoms with Crippen molar-refractivity contribution < 1.29 is 0 Å². The Morgan fingerprint density at radius 3 is 2.38 bits per heavy atom. The van der Waals surface area contributed by atoms with Crippen LogP contribution in [0.1, 0.15) is 16.8 Å². The standard InChI is InChI=1S/C16H16N4S/c1-9-4-5-12(8-10(9)2)14-7-6-13(11(3)18-14)15-19-20-16(17)21-15/h4-8H,1-3H3,(H2,17,20). The van der Waals surface area contributed by atoms with Crippen LogP contribution in [0.4, 0.5) is 5.13 Å². The molecule has 0 saturated heterocycles. The number of rotatable bonds is 2. The van der Waals surface area contributed by atoms with Gasteiger partial charge in [-0.15, -0.1) is 10.2 Å². The molecule has 0 aliphatic heterocycles. The number of benzene rings is 1. The highest BCUT2D eigenvalue weighted by molar-refractivity contribution is 7.18. The number of nitrogens with two attached hydrogens (primary N) is 1. The van der Waals surface area contributed by atoms with E-state index >= 15 is 0 Å². The first-order chi connectivity index (χ1) is 10.0. The molecule has 0 bridgehead atoms. The van der Waals surface area contributed by atoms with Gasteiger partial charge >= 0.3 is 0 Å². The van der Waals surface area contributed by atoms with Gasteiger partial charge in [-0.25, -0.2) is 0 Å². The van der Waals surface area contributed by atoms with Gasteiger partial charge in [-0.2, -0.15) is 0 Å². The lowest BCUT2D eigenvalue weighted by Crippen LogP contribution is -1.92. The fourth-order valence-corrected chi connectivity index (χ4v) is 2.88. The molecule has 0 aliphatic carbocycles. The molecule has 21 heavy (non-hydrogen) atoms. The lowest BCUT2D eigenvalue weighted by Gasteiger charge is -2.07. The molecule has 3 rings (SSSR count). The first kappa shape index (κ1) is 13.7. The molecule has 0 radical (unpaired) electrons. The van der Waals surface area contributed by atoms with Crippen molar-refractivity contribution in [1.29, 1.82) is 0 Å². The average molecular weight is 296 g/mol. The molecular formula is C16H16N4S. The van der Waals surface area contributed by atoms with E-state index in [0.717, 1.165) is 27.5 Å². The normalized spacial score (nSPS) is 10.8. The van der Waals surface area contributed by atoms with Crippen LogP contribution in [-0.4, -0.2) is 15.2 Å². The van der Waals surface area contributed by atoms with Gasteiger partial charge in [0, 0.05) is 16.8 Å². The second-order valence-electron chi connectivity index (χ2n) is 5.07. The number of hydrogen-bond acceptors (Lipinski definition) is 5. The Balaban J connectivity index is 2.03. The van der Waals surface area contributed by atoms with Gasteiger partial charge in [0.05, 0.1) is 5.69 Å². The van der Waals surface area contributed by atoms with E-state index in [1.807, 2.05) is 19.1 Å². The van der Waals surface area contributed by atoms with E-state index < -0.39 is 0 Å². The van der Waals surface area contributed by atoms with Gasteiger partial charge in [-0.05, 0) is 50.1 Å². The Morgan fingerprint density at radius 1 is 0.952 bits per heavy atom. The molecule has 0 aliphatic rings. The molecule has 5 heteroatoms. The van der Waals surface area contributed by atoms with Crippen molar-refractivity contribution in [3.8, 4) is 21.8 Å². The Labute approximate surface area is 127 Å². The van der Waals surface area contributed by atoms with Crippen molar-refractivity contribution in [2.45, 2.75) is 20.8 Å². The molecule has 0 saturated carbocycles. The van der Waals surface area contributed by atoms with Crippen molar-refractivity contribution in [2.24, 2.45) is 0 Å². The minimum Gasteiger partial charge on any atom is -0.374 e. The molecule has 0 atom stereocenters. The molecular weight excluding hydrogens is 280 g/mol. The molecule has 0 spiro atoms. The molecule has 2 N–H and O–H groups in total. The Bertz CT molecular complexity index is 808. The van der Waals surface area contributed by atoms with Crippen LogP contribution in [0.25, 0.3) is 21.8 Å². The number of aryl methyl sites for hydroxylation is 3. The van der Waals surface area contributed by atoms with Gasteiger partial charge in [-0.1, -0.05) is 23.5 Å². The number of aromatic nitrogens is 3. The third-order valence-corrected chi connectivity index (χ3v) is 4.35. The highest BCUT2D eigenvalue weighted by Gasteiger charge is 2.10. The van der Waals surface area contributed by atoms with Gasteiger partial charge in [-0.3, -0.25) is 4.98 Å². The molecule has 2 heterocycles. The quantitative estimate of drug-likeness (QED) is 0.781. The van der Waals surface area contributed by atoms with E-state index in [4.69, 9.17) is 10.7 Å². The Kier molecular flexibility index (Phi) is 3.43. The van der Waals surface area contributed by atoms with Crippen LogP contribution >= 0.6 is 11.3 Å². The predicted octanol–water partition coefficient (Wildman–Crippen LogP) is 3.77. The van der Waals surface area contributed by atoms with Crippen molar-refractivity contribution in [3.63, 3.8) is 0 Å². The zero-order valence-corrected chi connectivity index (χ0v) is 13.0. The van der Waals surface area contributed by atoms with Crippen LogP contribution in [0.15, 0.2) is 30.3 Å². The summed E-state index contributed by atoms with van der Waals surface area (Å²) in [5.74, 6) is 0. The third kappa shape index (κ3) is 2.64. The second kappa shape index (κ2) is 5.26. The number of nitrogens with zero attached hydrogens (tertiary/aromatic N) is 3. The first-order valence-corrected chi connectivity index (χ1v) is 7.51. The average Bonchev–Trinajstić information content (AvgIpc) is 2.88. The van der Waals surface area contributed by atoms with Crippen molar-refractivity contribution in [1.82, 2.24) is 15.2 Å². The Morgan fingerprint density at radius 2 is 1.76 bits per heavy atom. The maximum Gasteiger partial charge on any atom is 0.203 e. The van der Waals surface area contributed by atoms with Crippen LogP contribution < -0.4 is 5.73 Å². The SMILES string of the molecule is Cc1ccc(-c2ccc(-c3nnc(N)s3)c(C)n2)cc1C. The second-order valence-corrected chi connectivity index (χ2v) is 6.08. The van der Waals surface area contributed by atoms with Gasteiger partial charge < -0.3 is 5.73 Å². The zero-order valence-electron chi connectivity index (χ0n) is 12.2. The maximum atomic E-state index is 5.64. The number of anilines is 1. The predicted molar refractivity (Wildman–Crippen MR) is 87.2 cm³/mol. The zero-order chi connectivity index (χ0) is 15.0. The van der Waals surface area contributed by atoms with Crippen LogP contribution in [0.3, 0.4) is 0 Å². The van der Waals surface area contributed by atoms with Gasteiger partial charge in [0.2, 0.25) is 5.13 Å². The minimum absolute atomic E-state index is 0.475. The van der Waals surface area contributed by atoms with Crippen molar-refractivity contribution in [2.75, 3.05) is 5.73 Å². The largest absolute Gasteiger partial charge is 0.374 e. The molecule has 0 fully saturated rings. The van der Waals surface area contributed by atoms with E-state index in [0.29, 0.717) is 5.13 Å². The molecule has 3 aromatic rings. The molecule has 0 unspecified atom stereocenters. The van der Waals surface area contributed by atoms with Crippen LogP contribution in [0, 0.1) is 20.8 Å². The number of pyridine rings is 1. The molecule has 4 nitrogen and oxygen atoms in total. The summed E-state index contributed by atoms with van der Waals surface area (Å²) in [6, 6.07) is 10.4. The van der Waals surface area contributed by atoms with Crippen molar-refractivity contribution in [3.05, 3.63) is 47.2 Å². The van der Waals surface area contributed by atoms with E-state index in [2.05, 4.69) is 42.2 Å². The van der Waals surface area contributed by atoms with Crippen LogP contribution in [-0.2, 0) is 0 Å². The van der Waals surface area contributed by atoms with E-state index in [9.17, 15) is 0 Å².